The van der Waals surface area contributed by atoms with Crippen molar-refractivity contribution in [3.05, 3.63) is 23.3 Å². The number of aliphatic hydroxyl groups is 1. The number of hydrogen-bond donors (Lipinski definition) is 3. The van der Waals surface area contributed by atoms with Gasteiger partial charge in [0.25, 0.3) is 0 Å². The van der Waals surface area contributed by atoms with E-state index in [9.17, 15) is 34.2 Å². The van der Waals surface area contributed by atoms with E-state index in [4.69, 9.17) is 15.4 Å². The van der Waals surface area contributed by atoms with Crippen LogP contribution in [0.25, 0.3) is 0 Å². The summed E-state index contributed by atoms with van der Waals surface area (Å²) in [6.07, 6.45) is 0.0529. The lowest BCUT2D eigenvalue weighted by molar-refractivity contribution is -0.181. The third-order valence-electron chi connectivity index (χ3n) is 9.19. The average molecular weight is 544 g/mol. The molecule has 12 heteroatoms. The highest BCUT2D eigenvalue weighted by Crippen LogP contribution is 2.52. The maximum Gasteiger partial charge on any atom is 0.235 e. The molecule has 0 radical (unpaired) electrons. The van der Waals surface area contributed by atoms with Crippen LogP contribution in [-0.2, 0) is 35.3 Å². The Morgan fingerprint density at radius 1 is 1.05 bits per heavy atom. The topological polar surface area (TPSA) is 177 Å². The molecule has 1 saturated heterocycles. The fraction of sp³-hybridized carbons (Fsp3) is 0.593. The summed E-state index contributed by atoms with van der Waals surface area (Å²) < 4.78 is 0. The minimum absolute atomic E-state index is 0.0440. The van der Waals surface area contributed by atoms with E-state index < -0.39 is 75.6 Å². The number of anilines is 1. The van der Waals surface area contributed by atoms with E-state index in [-0.39, 0.29) is 24.2 Å². The van der Waals surface area contributed by atoms with Gasteiger partial charge in [-0.3, -0.25) is 28.9 Å². The molecule has 1 heterocycles. The number of nitrogens with zero attached hydrogens (tertiary/aromatic N) is 2. The van der Waals surface area contributed by atoms with Gasteiger partial charge in [-0.15, -0.1) is 5.23 Å². The van der Waals surface area contributed by atoms with Gasteiger partial charge in [0, 0.05) is 5.92 Å². The number of benzene rings is 1. The number of aromatic hydroxyl groups is 1. The Kier molecular flexibility index (Phi) is 5.90. The van der Waals surface area contributed by atoms with Crippen molar-refractivity contribution >= 4 is 34.7 Å². The molecule has 1 aromatic rings. The standard InChI is InChI=1S/C27H33N3O9/c1-25(2)26(3,4)39-30(38-25)14-7-8-15(31)17-12(14)9-11-10-13-19(29(5)6)21(33)18(24(28)36)23(35)27(13,37)22(34)16(11)20(17)32/h7-8,11,13,16,18-19,31,37H,9-10H2,1-6H3,(H2,28,36)/t11-,13-,16?,18?,19-,27-/m0/s1. The van der Waals surface area contributed by atoms with Crippen LogP contribution in [0.5, 0.6) is 5.75 Å². The monoisotopic (exact) mass is 543 g/mol. The fourth-order valence-electron chi connectivity index (χ4n) is 6.51. The van der Waals surface area contributed by atoms with Gasteiger partial charge in [-0.05, 0) is 78.2 Å². The van der Waals surface area contributed by atoms with Crippen LogP contribution in [0.4, 0.5) is 5.69 Å². The maximum atomic E-state index is 13.9. The number of amides is 1. The molecule has 4 aliphatic rings. The van der Waals surface area contributed by atoms with E-state index in [0.717, 1.165) is 0 Å². The highest BCUT2D eigenvalue weighted by atomic mass is 17.0. The van der Waals surface area contributed by atoms with Crippen molar-refractivity contribution in [2.75, 3.05) is 19.3 Å². The summed E-state index contributed by atoms with van der Waals surface area (Å²) in [5.41, 5.74) is 1.72. The lowest BCUT2D eigenvalue weighted by Gasteiger charge is -2.52. The molecule has 0 aromatic heterocycles. The van der Waals surface area contributed by atoms with Crippen molar-refractivity contribution in [2.45, 2.75) is 63.4 Å². The smallest absolute Gasteiger partial charge is 0.235 e. The number of likely N-dealkylation sites (N-methyl/N-ethyl adjacent to an activating group) is 1. The Labute approximate surface area is 224 Å². The highest BCUT2D eigenvalue weighted by molar-refractivity contribution is 6.32. The Morgan fingerprint density at radius 2 is 1.64 bits per heavy atom. The maximum absolute atomic E-state index is 13.9. The SMILES string of the molecule is CN(C)[C@@H]1C(=O)C(C(N)=O)C(=O)[C@@]2(O)C(=O)C3C(=O)c4c(O)ccc(N5OC(C)(C)C(C)(C)O5)c4C[C@H]3C[C@@H]12. The van der Waals surface area contributed by atoms with Crippen molar-refractivity contribution in [3.63, 3.8) is 0 Å². The second kappa shape index (κ2) is 8.40. The first-order valence-corrected chi connectivity index (χ1v) is 12.8. The van der Waals surface area contributed by atoms with Crippen molar-refractivity contribution in [3.8, 4) is 5.75 Å². The molecule has 1 aromatic carbocycles. The molecular weight excluding hydrogens is 510 g/mol. The van der Waals surface area contributed by atoms with E-state index in [2.05, 4.69) is 0 Å². The Balaban J connectivity index is 1.62. The van der Waals surface area contributed by atoms with Crippen LogP contribution >= 0.6 is 0 Å². The molecule has 0 bridgehead atoms. The Hall–Kier alpha value is -3.19. The fourth-order valence-corrected chi connectivity index (χ4v) is 6.51. The lowest BCUT2D eigenvalue weighted by Crippen LogP contribution is -2.74. The van der Waals surface area contributed by atoms with Gasteiger partial charge in [-0.25, -0.2) is 9.68 Å². The van der Waals surface area contributed by atoms with Gasteiger partial charge in [-0.1, -0.05) is 0 Å². The first-order chi connectivity index (χ1) is 18.0. The number of phenolic OH excluding ortho intramolecular Hbond substituents is 1. The van der Waals surface area contributed by atoms with E-state index in [1.807, 2.05) is 27.7 Å². The molecule has 0 spiro atoms. The van der Waals surface area contributed by atoms with Gasteiger partial charge in [0.2, 0.25) is 5.91 Å². The molecule has 1 amide bonds. The summed E-state index contributed by atoms with van der Waals surface area (Å²) in [7, 11) is 3.08. The molecule has 3 fully saturated rings. The van der Waals surface area contributed by atoms with E-state index in [0.29, 0.717) is 11.3 Å². The third kappa shape index (κ3) is 3.55. The van der Waals surface area contributed by atoms with Gasteiger partial charge >= 0.3 is 0 Å². The van der Waals surface area contributed by atoms with Gasteiger partial charge in [-0.2, -0.15) is 0 Å². The second-order valence-corrected chi connectivity index (χ2v) is 12.2. The molecule has 5 rings (SSSR count). The number of primary amides is 1. The second-order valence-electron chi connectivity index (χ2n) is 12.2. The summed E-state index contributed by atoms with van der Waals surface area (Å²) in [5, 5.41) is 23.6. The minimum Gasteiger partial charge on any atom is -0.507 e. The van der Waals surface area contributed by atoms with Gasteiger partial charge < -0.3 is 15.9 Å². The quantitative estimate of drug-likeness (QED) is 0.441. The molecule has 4 N–H and O–H groups in total. The number of rotatable bonds is 3. The first-order valence-electron chi connectivity index (χ1n) is 12.8. The molecule has 6 atom stereocenters. The van der Waals surface area contributed by atoms with E-state index in [1.54, 1.807) is 6.07 Å². The van der Waals surface area contributed by atoms with Crippen molar-refractivity contribution in [2.24, 2.45) is 29.4 Å². The number of carbonyl (C=O) groups is 5. The van der Waals surface area contributed by atoms with Gasteiger partial charge in [0.05, 0.1) is 23.2 Å². The van der Waals surface area contributed by atoms with Crippen LogP contribution in [0.3, 0.4) is 0 Å². The zero-order chi connectivity index (χ0) is 29.0. The van der Waals surface area contributed by atoms with Crippen LogP contribution in [-0.4, -0.2) is 81.1 Å². The number of Topliss-reactive ketones (excluding diaryl/α,β-unsaturated/α-hetero) is 4. The van der Waals surface area contributed by atoms with Crippen LogP contribution < -0.4 is 11.0 Å². The molecule has 2 unspecified atom stereocenters. The normalized spacial score (nSPS) is 35.1. The van der Waals surface area contributed by atoms with Crippen molar-refractivity contribution in [1.29, 1.82) is 0 Å². The number of ketones is 4. The molecule has 12 nitrogen and oxygen atoms in total. The van der Waals surface area contributed by atoms with Gasteiger partial charge in [0.1, 0.15) is 17.0 Å². The number of fused-ring (bicyclic) bond motifs is 3. The largest absolute Gasteiger partial charge is 0.507 e. The first kappa shape index (κ1) is 27.4. The van der Waals surface area contributed by atoms with Crippen molar-refractivity contribution in [1.82, 2.24) is 4.90 Å². The van der Waals surface area contributed by atoms with E-state index in [1.165, 1.54) is 30.3 Å². The number of nitrogens with two attached hydrogens (primary N) is 1. The summed E-state index contributed by atoms with van der Waals surface area (Å²) in [4.78, 5) is 79.9. The minimum atomic E-state index is -2.76. The summed E-state index contributed by atoms with van der Waals surface area (Å²) in [6.45, 7) is 7.39. The summed E-state index contributed by atoms with van der Waals surface area (Å²) in [6, 6.07) is 1.67. The molecular formula is C27H33N3O9. The summed E-state index contributed by atoms with van der Waals surface area (Å²) >= 11 is 0. The predicted octanol–water partition coefficient (Wildman–Crippen LogP) is 0.107. The molecule has 39 heavy (non-hydrogen) atoms. The third-order valence-corrected chi connectivity index (χ3v) is 9.19. The van der Waals surface area contributed by atoms with Crippen LogP contribution in [0, 0.1) is 23.7 Å². The zero-order valence-corrected chi connectivity index (χ0v) is 22.7. The summed E-state index contributed by atoms with van der Waals surface area (Å²) in [5.74, 6) is -11.0. The molecule has 210 valence electrons. The molecule has 3 aliphatic carbocycles. The highest BCUT2D eigenvalue weighted by Gasteiger charge is 2.69. The average Bonchev–Trinajstić information content (AvgIpc) is 3.02. The molecule has 2 saturated carbocycles. The van der Waals surface area contributed by atoms with Crippen LogP contribution in [0.15, 0.2) is 12.1 Å². The zero-order valence-electron chi connectivity index (χ0n) is 22.7. The van der Waals surface area contributed by atoms with Gasteiger partial charge in [0.15, 0.2) is 34.7 Å². The number of hydrogen-bond acceptors (Lipinski definition) is 11. The van der Waals surface area contributed by atoms with Crippen molar-refractivity contribution < 1.29 is 43.9 Å². The number of phenols is 1. The van der Waals surface area contributed by atoms with Crippen LogP contribution in [0.2, 0.25) is 0 Å². The number of carbonyl (C=O) groups excluding carboxylic acids is 5. The Morgan fingerprint density at radius 3 is 2.18 bits per heavy atom. The lowest BCUT2D eigenvalue weighted by atomic mass is 9.52. The predicted molar refractivity (Wildman–Crippen MR) is 134 cm³/mol. The van der Waals surface area contributed by atoms with Crippen LogP contribution in [0.1, 0.15) is 50.0 Å². The molecule has 1 aliphatic heterocycles. The Bertz CT molecular complexity index is 1320. The van der Waals surface area contributed by atoms with E-state index >= 15 is 0 Å².